The van der Waals surface area contributed by atoms with Crippen molar-refractivity contribution in [3.63, 3.8) is 0 Å². The quantitative estimate of drug-likeness (QED) is 0.791. The number of para-hydroxylation sites is 2. The minimum Gasteiger partial charge on any atom is -0.379 e. The van der Waals surface area contributed by atoms with E-state index in [2.05, 4.69) is 10.4 Å². The molecule has 0 saturated carbocycles. The lowest BCUT2D eigenvalue weighted by atomic mass is 10.2. The Morgan fingerprint density at radius 1 is 1.05 bits per heavy atom. The summed E-state index contributed by atoms with van der Waals surface area (Å²) in [6.07, 6.45) is 3.52. The van der Waals surface area contributed by atoms with Gasteiger partial charge in [-0.1, -0.05) is 18.2 Å². The summed E-state index contributed by atoms with van der Waals surface area (Å²) in [4.78, 5) is 0. The van der Waals surface area contributed by atoms with Gasteiger partial charge in [-0.15, -0.1) is 0 Å². The van der Waals surface area contributed by atoms with Gasteiger partial charge in [-0.3, -0.25) is 0 Å². The monoisotopic (exact) mass is 285 g/mol. The van der Waals surface area contributed by atoms with E-state index in [1.165, 1.54) is 12.1 Å². The van der Waals surface area contributed by atoms with E-state index in [9.17, 15) is 8.78 Å². The van der Waals surface area contributed by atoms with Crippen molar-refractivity contribution in [3.8, 4) is 5.69 Å². The second-order valence-electron chi connectivity index (χ2n) is 4.56. The Morgan fingerprint density at radius 3 is 2.67 bits per heavy atom. The summed E-state index contributed by atoms with van der Waals surface area (Å²) in [7, 11) is 0. The number of nitrogens with zero attached hydrogens (tertiary/aromatic N) is 2. The number of benzene rings is 2. The molecule has 0 fully saturated rings. The second-order valence-corrected chi connectivity index (χ2v) is 4.56. The zero-order chi connectivity index (χ0) is 14.7. The molecule has 5 heteroatoms. The Hall–Kier alpha value is -2.69. The SMILES string of the molecule is Fc1ccc(CNc2ccccc2-n2cccn2)c(F)c1. The van der Waals surface area contributed by atoms with Gasteiger partial charge in [0.25, 0.3) is 0 Å². The molecule has 0 atom stereocenters. The molecule has 0 amide bonds. The molecule has 3 nitrogen and oxygen atoms in total. The summed E-state index contributed by atoms with van der Waals surface area (Å²) in [5, 5.41) is 7.34. The van der Waals surface area contributed by atoms with Gasteiger partial charge in [-0.25, -0.2) is 13.5 Å². The topological polar surface area (TPSA) is 29.9 Å². The number of halogens is 2. The molecule has 0 aliphatic rings. The van der Waals surface area contributed by atoms with Crippen LogP contribution >= 0.6 is 0 Å². The van der Waals surface area contributed by atoms with Crippen molar-refractivity contribution in [1.29, 1.82) is 0 Å². The Kier molecular flexibility index (Phi) is 3.64. The van der Waals surface area contributed by atoms with Crippen molar-refractivity contribution in [2.75, 3.05) is 5.32 Å². The van der Waals surface area contributed by atoms with Crippen LogP contribution in [-0.2, 0) is 6.54 Å². The Labute approximate surface area is 120 Å². The highest BCUT2D eigenvalue weighted by atomic mass is 19.1. The number of nitrogens with one attached hydrogen (secondary N) is 1. The third-order valence-electron chi connectivity index (χ3n) is 3.14. The van der Waals surface area contributed by atoms with Gasteiger partial charge in [-0.05, 0) is 24.3 Å². The summed E-state index contributed by atoms with van der Waals surface area (Å²) >= 11 is 0. The maximum Gasteiger partial charge on any atom is 0.131 e. The fraction of sp³-hybridized carbons (Fsp3) is 0.0625. The van der Waals surface area contributed by atoms with Gasteiger partial charge in [0.2, 0.25) is 0 Å². The summed E-state index contributed by atoms with van der Waals surface area (Å²) in [5.74, 6) is -1.13. The average Bonchev–Trinajstić information content (AvgIpc) is 3.01. The molecule has 0 aliphatic heterocycles. The largest absolute Gasteiger partial charge is 0.379 e. The molecule has 21 heavy (non-hydrogen) atoms. The van der Waals surface area contributed by atoms with Crippen LogP contribution in [0, 0.1) is 11.6 Å². The summed E-state index contributed by atoms with van der Waals surface area (Å²) < 4.78 is 28.2. The third kappa shape index (κ3) is 2.91. The van der Waals surface area contributed by atoms with Gasteiger partial charge in [0.05, 0.1) is 11.4 Å². The molecule has 0 unspecified atom stereocenters. The lowest BCUT2D eigenvalue weighted by Crippen LogP contribution is -2.06. The minimum atomic E-state index is -0.576. The van der Waals surface area contributed by atoms with Gasteiger partial charge >= 0.3 is 0 Å². The van der Waals surface area contributed by atoms with Crippen molar-refractivity contribution in [2.24, 2.45) is 0 Å². The summed E-state index contributed by atoms with van der Waals surface area (Å²) in [6, 6.07) is 13.0. The van der Waals surface area contributed by atoms with Crippen LogP contribution in [0.1, 0.15) is 5.56 Å². The average molecular weight is 285 g/mol. The van der Waals surface area contributed by atoms with Crippen LogP contribution in [0.2, 0.25) is 0 Å². The van der Waals surface area contributed by atoms with Crippen molar-refractivity contribution >= 4 is 5.69 Å². The molecule has 3 aromatic rings. The highest BCUT2D eigenvalue weighted by molar-refractivity contribution is 5.60. The summed E-state index contributed by atoms with van der Waals surface area (Å²) in [6.45, 7) is 0.268. The molecule has 0 spiro atoms. The standard InChI is InChI=1S/C16H13F2N3/c17-13-7-6-12(14(18)10-13)11-19-15-4-1-2-5-16(15)21-9-3-8-20-21/h1-10,19H,11H2. The Balaban J connectivity index is 1.83. The van der Waals surface area contributed by atoms with E-state index in [1.807, 2.05) is 36.5 Å². The first-order chi connectivity index (χ1) is 10.2. The molecule has 2 aromatic carbocycles. The van der Waals surface area contributed by atoms with E-state index in [0.29, 0.717) is 5.56 Å². The van der Waals surface area contributed by atoms with Crippen LogP contribution in [0.3, 0.4) is 0 Å². The van der Waals surface area contributed by atoms with Crippen molar-refractivity contribution in [3.05, 3.63) is 78.1 Å². The number of hydrogen-bond acceptors (Lipinski definition) is 2. The molecule has 0 bridgehead atoms. The molecule has 0 radical (unpaired) electrons. The Morgan fingerprint density at radius 2 is 1.90 bits per heavy atom. The van der Waals surface area contributed by atoms with Crippen LogP contribution < -0.4 is 5.32 Å². The van der Waals surface area contributed by atoms with Gasteiger partial charge < -0.3 is 5.32 Å². The zero-order valence-electron chi connectivity index (χ0n) is 11.1. The highest BCUT2D eigenvalue weighted by Crippen LogP contribution is 2.20. The van der Waals surface area contributed by atoms with Crippen LogP contribution in [0.15, 0.2) is 60.9 Å². The van der Waals surface area contributed by atoms with E-state index >= 15 is 0 Å². The molecule has 1 aromatic heterocycles. The first-order valence-electron chi connectivity index (χ1n) is 6.51. The van der Waals surface area contributed by atoms with E-state index in [0.717, 1.165) is 17.4 Å². The smallest absolute Gasteiger partial charge is 0.131 e. The maximum absolute atomic E-state index is 13.6. The molecule has 0 saturated heterocycles. The van der Waals surface area contributed by atoms with Crippen LogP contribution in [0.25, 0.3) is 5.69 Å². The molecular formula is C16H13F2N3. The zero-order valence-corrected chi connectivity index (χ0v) is 11.1. The molecule has 106 valence electrons. The van der Waals surface area contributed by atoms with Gasteiger partial charge in [0, 0.05) is 30.6 Å². The second kappa shape index (κ2) is 5.75. The third-order valence-corrected chi connectivity index (χ3v) is 3.14. The van der Waals surface area contributed by atoms with Gasteiger partial charge in [0.15, 0.2) is 0 Å². The van der Waals surface area contributed by atoms with E-state index in [-0.39, 0.29) is 6.54 Å². The lowest BCUT2D eigenvalue weighted by molar-refractivity contribution is 0.574. The Bertz CT molecular complexity index is 739. The number of aromatic nitrogens is 2. The molecule has 1 heterocycles. The van der Waals surface area contributed by atoms with Gasteiger partial charge in [-0.2, -0.15) is 5.10 Å². The predicted octanol–water partition coefficient (Wildman–Crippen LogP) is 3.76. The van der Waals surface area contributed by atoms with Crippen molar-refractivity contribution in [2.45, 2.75) is 6.54 Å². The highest BCUT2D eigenvalue weighted by Gasteiger charge is 2.07. The first kappa shape index (κ1) is 13.3. The normalized spacial score (nSPS) is 10.6. The molecule has 3 rings (SSSR count). The van der Waals surface area contributed by atoms with Crippen molar-refractivity contribution < 1.29 is 8.78 Å². The predicted molar refractivity (Wildman–Crippen MR) is 77.2 cm³/mol. The fourth-order valence-electron chi connectivity index (χ4n) is 2.09. The van der Waals surface area contributed by atoms with E-state index in [1.54, 1.807) is 10.9 Å². The maximum atomic E-state index is 13.6. The molecular weight excluding hydrogens is 272 g/mol. The van der Waals surface area contributed by atoms with Crippen LogP contribution in [0.5, 0.6) is 0 Å². The van der Waals surface area contributed by atoms with E-state index < -0.39 is 11.6 Å². The molecule has 0 aliphatic carbocycles. The number of anilines is 1. The number of rotatable bonds is 4. The number of hydrogen-bond donors (Lipinski definition) is 1. The fourth-order valence-corrected chi connectivity index (χ4v) is 2.09. The summed E-state index contributed by atoms with van der Waals surface area (Å²) in [5.41, 5.74) is 2.10. The van der Waals surface area contributed by atoms with Crippen LogP contribution in [0.4, 0.5) is 14.5 Å². The van der Waals surface area contributed by atoms with E-state index in [4.69, 9.17) is 0 Å². The van der Waals surface area contributed by atoms with Crippen LogP contribution in [-0.4, -0.2) is 9.78 Å². The van der Waals surface area contributed by atoms with Gasteiger partial charge in [0.1, 0.15) is 11.6 Å². The lowest BCUT2D eigenvalue weighted by Gasteiger charge is -2.12. The molecule has 1 N–H and O–H groups in total. The first-order valence-corrected chi connectivity index (χ1v) is 6.51. The van der Waals surface area contributed by atoms with Crippen molar-refractivity contribution in [1.82, 2.24) is 9.78 Å². The minimum absolute atomic E-state index is 0.268.